The molecule has 0 rings (SSSR count). The average molecular weight is 154 g/mol. The van der Waals surface area contributed by atoms with Crippen LogP contribution in [0.2, 0.25) is 0 Å². The number of carbonyl (C=O) groups excluding carboxylic acids is 1. The van der Waals surface area contributed by atoms with E-state index in [2.05, 4.69) is 0 Å². The summed E-state index contributed by atoms with van der Waals surface area (Å²) >= 11 is 0. The molecule has 3 nitrogen and oxygen atoms in total. The van der Waals surface area contributed by atoms with Gasteiger partial charge < -0.3 is 6.53 Å². The van der Waals surface area contributed by atoms with Crippen LogP contribution in [-0.4, -0.2) is 17.4 Å². The van der Waals surface area contributed by atoms with Crippen molar-refractivity contribution in [3.05, 3.63) is 0 Å². The predicted molar refractivity (Wildman–Crippen MR) is 14.8 cm³/mol. The standard InChI is InChI=1S/C2H2O3.Fe.Na.H/c3-1-2(4)5;;;/h1H,(H,4,5);;;/q;;+1;-1. The third-order valence-electron chi connectivity index (χ3n) is 0.101. The number of carboxylic acid groups (broad SMARTS) is 1. The summed E-state index contributed by atoms with van der Waals surface area (Å²) in [6.45, 7) is 0. The third-order valence-corrected chi connectivity index (χ3v) is 0.101. The Morgan fingerprint density at radius 3 is 1.86 bits per heavy atom. The van der Waals surface area contributed by atoms with Gasteiger partial charge in [-0.1, -0.05) is 0 Å². The molecular formula is C2H3FeNaO3. The van der Waals surface area contributed by atoms with Crippen molar-refractivity contribution in [3.8, 4) is 0 Å². The first kappa shape index (κ1) is 15.6. The van der Waals surface area contributed by atoms with Crippen molar-refractivity contribution in [2.45, 2.75) is 0 Å². The maximum Gasteiger partial charge on any atom is 1.00 e. The van der Waals surface area contributed by atoms with Crippen LogP contribution in [0.15, 0.2) is 0 Å². The Hall–Kier alpha value is 0.659. The minimum Gasteiger partial charge on any atom is -1.00 e. The summed E-state index contributed by atoms with van der Waals surface area (Å²) in [6.07, 6.45) is -0.167. The number of carbonyl (C=O) groups is 2. The molecule has 0 radical (unpaired) electrons. The van der Waals surface area contributed by atoms with Crippen molar-refractivity contribution in [2.75, 3.05) is 0 Å². The van der Waals surface area contributed by atoms with E-state index < -0.39 is 5.97 Å². The van der Waals surface area contributed by atoms with E-state index in [1.54, 1.807) is 0 Å². The first-order valence-corrected chi connectivity index (χ1v) is 0.952. The smallest absolute Gasteiger partial charge is 1.00 e. The Labute approximate surface area is 74.7 Å². The molecule has 0 amide bonds. The topological polar surface area (TPSA) is 54.4 Å². The van der Waals surface area contributed by atoms with E-state index in [4.69, 9.17) is 14.7 Å². The molecule has 38 valence electrons. The zero-order chi connectivity index (χ0) is 4.28. The van der Waals surface area contributed by atoms with E-state index in [0.29, 0.717) is 0 Å². The molecule has 1 N–H and O–H groups in total. The van der Waals surface area contributed by atoms with Gasteiger partial charge in [-0.05, 0) is 0 Å². The fraction of sp³-hybridized carbons (Fsp3) is 0. The van der Waals surface area contributed by atoms with Crippen LogP contribution in [0.4, 0.5) is 0 Å². The monoisotopic (exact) mass is 154 g/mol. The minimum absolute atomic E-state index is 0. The summed E-state index contributed by atoms with van der Waals surface area (Å²) in [5, 5.41) is 7.35. The molecule has 0 spiro atoms. The molecular weight excluding hydrogens is 151 g/mol. The predicted octanol–water partition coefficient (Wildman–Crippen LogP) is -3.62. The SMILES string of the molecule is O=CC(=O)O.[Fe].[H-].[Na+]. The Balaban J connectivity index is -0.0000000267. The Bertz CT molecular complexity index is 68.3. The third kappa shape index (κ3) is 20.4. The summed E-state index contributed by atoms with van der Waals surface area (Å²) in [4.78, 5) is 17.9. The van der Waals surface area contributed by atoms with Crippen LogP contribution in [0.1, 0.15) is 1.43 Å². The van der Waals surface area contributed by atoms with E-state index in [1.807, 2.05) is 0 Å². The fourth-order valence-electron chi connectivity index (χ4n) is 0. The molecule has 0 atom stereocenters. The van der Waals surface area contributed by atoms with Gasteiger partial charge in [-0.3, -0.25) is 4.79 Å². The number of rotatable bonds is 1. The molecule has 0 aromatic rings. The second-order valence-electron chi connectivity index (χ2n) is 0.456. The molecule has 0 aliphatic rings. The molecule has 0 aromatic heterocycles. The summed E-state index contributed by atoms with van der Waals surface area (Å²) in [5.41, 5.74) is 0. The van der Waals surface area contributed by atoms with E-state index in [0.717, 1.165) is 0 Å². The quantitative estimate of drug-likeness (QED) is 0.241. The van der Waals surface area contributed by atoms with Gasteiger partial charge in [0.15, 0.2) is 0 Å². The van der Waals surface area contributed by atoms with Gasteiger partial charge in [0, 0.05) is 17.1 Å². The first-order chi connectivity index (χ1) is 2.27. The zero-order valence-corrected chi connectivity index (χ0v) is 6.80. The molecule has 0 aromatic carbocycles. The van der Waals surface area contributed by atoms with E-state index in [9.17, 15) is 0 Å². The van der Waals surface area contributed by atoms with Gasteiger partial charge in [0.25, 0.3) is 0 Å². The maximum absolute atomic E-state index is 9.00. The van der Waals surface area contributed by atoms with Crippen molar-refractivity contribution in [1.29, 1.82) is 0 Å². The normalized spacial score (nSPS) is 4.57. The summed E-state index contributed by atoms with van der Waals surface area (Å²) < 4.78 is 0. The van der Waals surface area contributed by atoms with Crippen LogP contribution in [-0.2, 0) is 26.7 Å². The molecule has 7 heavy (non-hydrogen) atoms. The molecule has 5 heteroatoms. The largest absolute Gasteiger partial charge is 1.00 e. The van der Waals surface area contributed by atoms with E-state index >= 15 is 0 Å². The molecule has 0 fully saturated rings. The molecule has 0 aliphatic carbocycles. The second-order valence-corrected chi connectivity index (χ2v) is 0.456. The van der Waals surface area contributed by atoms with Crippen molar-refractivity contribution in [2.24, 2.45) is 0 Å². The van der Waals surface area contributed by atoms with Crippen LogP contribution < -0.4 is 29.6 Å². The molecule has 0 heterocycles. The van der Waals surface area contributed by atoms with Gasteiger partial charge in [0.2, 0.25) is 6.29 Å². The van der Waals surface area contributed by atoms with E-state index in [-0.39, 0.29) is 54.3 Å². The molecule has 0 bridgehead atoms. The summed E-state index contributed by atoms with van der Waals surface area (Å²) in [6, 6.07) is 0. The van der Waals surface area contributed by atoms with Crippen molar-refractivity contribution in [3.63, 3.8) is 0 Å². The Morgan fingerprint density at radius 2 is 1.86 bits per heavy atom. The maximum atomic E-state index is 9.00. The molecule has 0 saturated heterocycles. The van der Waals surface area contributed by atoms with Crippen LogP contribution in [0.25, 0.3) is 0 Å². The number of aldehydes is 1. The van der Waals surface area contributed by atoms with Gasteiger partial charge >= 0.3 is 35.5 Å². The van der Waals surface area contributed by atoms with Crippen LogP contribution in [0.3, 0.4) is 0 Å². The number of hydrogen-bond acceptors (Lipinski definition) is 2. The zero-order valence-electron chi connectivity index (χ0n) is 4.69. The van der Waals surface area contributed by atoms with E-state index in [1.165, 1.54) is 0 Å². The van der Waals surface area contributed by atoms with Crippen molar-refractivity contribution < 1.29 is 62.7 Å². The van der Waals surface area contributed by atoms with Gasteiger partial charge in [-0.25, -0.2) is 4.79 Å². The number of hydrogen-bond donors (Lipinski definition) is 1. The average Bonchev–Trinajstić information content (AvgIpc) is 1.38. The number of aliphatic carboxylic acids is 1. The minimum atomic E-state index is -1.43. The fourth-order valence-corrected chi connectivity index (χ4v) is 0. The summed E-state index contributed by atoms with van der Waals surface area (Å²) in [5.74, 6) is -1.43. The Morgan fingerprint density at radius 1 is 1.71 bits per heavy atom. The molecule has 0 saturated carbocycles. The molecule has 0 unspecified atom stereocenters. The van der Waals surface area contributed by atoms with Gasteiger partial charge in [-0.2, -0.15) is 0 Å². The molecule has 0 aliphatic heterocycles. The van der Waals surface area contributed by atoms with Crippen molar-refractivity contribution in [1.82, 2.24) is 0 Å². The van der Waals surface area contributed by atoms with Crippen molar-refractivity contribution >= 4 is 12.3 Å². The van der Waals surface area contributed by atoms with Gasteiger partial charge in [-0.15, -0.1) is 0 Å². The van der Waals surface area contributed by atoms with Crippen LogP contribution in [0.5, 0.6) is 0 Å². The summed E-state index contributed by atoms with van der Waals surface area (Å²) in [7, 11) is 0. The number of carboxylic acids is 1. The first-order valence-electron chi connectivity index (χ1n) is 0.952. The Kier molecular flexibility index (Phi) is 22.0. The second kappa shape index (κ2) is 9.82. The van der Waals surface area contributed by atoms with Gasteiger partial charge in [0.05, 0.1) is 0 Å². The van der Waals surface area contributed by atoms with Crippen LogP contribution in [0, 0.1) is 0 Å². The van der Waals surface area contributed by atoms with Gasteiger partial charge in [0.1, 0.15) is 0 Å². The van der Waals surface area contributed by atoms with Crippen LogP contribution >= 0.6 is 0 Å².